The number of hydrogen-bond donors (Lipinski definition) is 2. The van der Waals surface area contributed by atoms with Crippen molar-refractivity contribution in [1.29, 1.82) is 0 Å². The molecule has 0 aromatic heterocycles. The lowest BCUT2D eigenvalue weighted by Crippen LogP contribution is -2.45. The van der Waals surface area contributed by atoms with E-state index in [0.717, 1.165) is 11.3 Å². The summed E-state index contributed by atoms with van der Waals surface area (Å²) in [6.07, 6.45) is 0. The van der Waals surface area contributed by atoms with Gasteiger partial charge in [0, 0.05) is 5.54 Å². The smallest absolute Gasteiger partial charge is 0.241 e. The van der Waals surface area contributed by atoms with Gasteiger partial charge in [0.2, 0.25) is 5.91 Å². The Labute approximate surface area is 102 Å². The van der Waals surface area contributed by atoms with Crippen molar-refractivity contribution >= 4 is 5.91 Å². The first-order valence-corrected chi connectivity index (χ1v) is 5.55. The Morgan fingerprint density at radius 2 is 1.82 bits per heavy atom. The molecule has 1 atom stereocenters. The number of nitrogens with two attached hydrogens (primary N) is 1. The largest absolute Gasteiger partial charge is 0.497 e. The second kappa shape index (κ2) is 5.19. The quantitative estimate of drug-likeness (QED) is 0.838. The highest BCUT2D eigenvalue weighted by molar-refractivity contribution is 5.83. The van der Waals surface area contributed by atoms with E-state index in [1.165, 1.54) is 0 Å². The van der Waals surface area contributed by atoms with Gasteiger partial charge in [0.1, 0.15) is 11.8 Å². The maximum absolute atomic E-state index is 11.8. The first-order chi connectivity index (χ1) is 7.83. The van der Waals surface area contributed by atoms with Crippen molar-refractivity contribution in [2.45, 2.75) is 32.4 Å². The number of nitrogens with one attached hydrogen (secondary N) is 1. The van der Waals surface area contributed by atoms with Crippen LogP contribution >= 0.6 is 0 Å². The van der Waals surface area contributed by atoms with Crippen LogP contribution in [0.2, 0.25) is 0 Å². The van der Waals surface area contributed by atoms with Gasteiger partial charge < -0.3 is 15.8 Å². The van der Waals surface area contributed by atoms with Crippen molar-refractivity contribution in [3.63, 3.8) is 0 Å². The molecule has 0 saturated carbocycles. The molecule has 0 aliphatic heterocycles. The fraction of sp³-hybridized carbons (Fsp3) is 0.462. The van der Waals surface area contributed by atoms with E-state index >= 15 is 0 Å². The van der Waals surface area contributed by atoms with E-state index in [-0.39, 0.29) is 11.4 Å². The first-order valence-electron chi connectivity index (χ1n) is 5.55. The molecule has 1 rings (SSSR count). The summed E-state index contributed by atoms with van der Waals surface area (Å²) < 4.78 is 5.05. The van der Waals surface area contributed by atoms with Crippen LogP contribution in [-0.4, -0.2) is 18.6 Å². The van der Waals surface area contributed by atoms with Gasteiger partial charge in [-0.2, -0.15) is 0 Å². The number of methoxy groups -OCH3 is 1. The molecule has 4 heteroatoms. The van der Waals surface area contributed by atoms with Gasteiger partial charge in [0.15, 0.2) is 0 Å². The molecular weight excluding hydrogens is 216 g/mol. The van der Waals surface area contributed by atoms with Crippen molar-refractivity contribution in [3.8, 4) is 5.75 Å². The lowest BCUT2D eigenvalue weighted by Gasteiger charge is -2.23. The van der Waals surface area contributed by atoms with Crippen LogP contribution in [0.1, 0.15) is 32.4 Å². The summed E-state index contributed by atoms with van der Waals surface area (Å²) in [7, 11) is 1.60. The van der Waals surface area contributed by atoms with Crippen molar-refractivity contribution in [3.05, 3.63) is 29.8 Å². The third-order valence-corrected chi connectivity index (χ3v) is 2.26. The zero-order chi connectivity index (χ0) is 13.1. The van der Waals surface area contributed by atoms with Gasteiger partial charge in [-0.15, -0.1) is 0 Å². The minimum Gasteiger partial charge on any atom is -0.497 e. The molecule has 1 aromatic rings. The predicted molar refractivity (Wildman–Crippen MR) is 67.8 cm³/mol. The zero-order valence-electron chi connectivity index (χ0n) is 10.8. The van der Waals surface area contributed by atoms with Gasteiger partial charge in [-0.3, -0.25) is 4.79 Å². The lowest BCUT2D eigenvalue weighted by atomic mass is 10.0. The molecule has 0 aliphatic rings. The fourth-order valence-corrected chi connectivity index (χ4v) is 1.41. The monoisotopic (exact) mass is 236 g/mol. The fourth-order valence-electron chi connectivity index (χ4n) is 1.41. The Hall–Kier alpha value is -1.55. The summed E-state index contributed by atoms with van der Waals surface area (Å²) in [5.74, 6) is 0.569. The van der Waals surface area contributed by atoms with Crippen LogP contribution in [0.15, 0.2) is 24.3 Å². The maximum atomic E-state index is 11.8. The minimum atomic E-state index is -0.653. The van der Waals surface area contributed by atoms with Crippen molar-refractivity contribution in [1.82, 2.24) is 5.32 Å². The third kappa shape index (κ3) is 4.07. The van der Waals surface area contributed by atoms with E-state index in [2.05, 4.69) is 5.32 Å². The molecule has 0 heterocycles. The molecule has 0 unspecified atom stereocenters. The van der Waals surface area contributed by atoms with Gasteiger partial charge in [-0.25, -0.2) is 0 Å². The number of amides is 1. The highest BCUT2D eigenvalue weighted by Gasteiger charge is 2.20. The highest BCUT2D eigenvalue weighted by Crippen LogP contribution is 2.16. The molecule has 1 aromatic carbocycles. The van der Waals surface area contributed by atoms with Gasteiger partial charge in [-0.1, -0.05) is 12.1 Å². The summed E-state index contributed by atoms with van der Waals surface area (Å²) in [4.78, 5) is 11.8. The number of benzene rings is 1. The summed E-state index contributed by atoms with van der Waals surface area (Å²) in [5.41, 5.74) is 6.38. The molecule has 0 radical (unpaired) electrons. The Bertz CT molecular complexity index is 379. The summed E-state index contributed by atoms with van der Waals surface area (Å²) in [6, 6.07) is 6.52. The van der Waals surface area contributed by atoms with Gasteiger partial charge >= 0.3 is 0 Å². The van der Waals surface area contributed by atoms with E-state index in [1.54, 1.807) is 31.4 Å². The minimum absolute atomic E-state index is 0.178. The van der Waals surface area contributed by atoms with Crippen LogP contribution < -0.4 is 15.8 Å². The van der Waals surface area contributed by atoms with Crippen LogP contribution in [0.5, 0.6) is 5.75 Å². The average Bonchev–Trinajstić information content (AvgIpc) is 2.26. The van der Waals surface area contributed by atoms with Crippen LogP contribution in [0.3, 0.4) is 0 Å². The van der Waals surface area contributed by atoms with Crippen molar-refractivity contribution in [2.75, 3.05) is 7.11 Å². The zero-order valence-corrected chi connectivity index (χ0v) is 10.8. The molecule has 0 bridgehead atoms. The first kappa shape index (κ1) is 13.5. The number of ether oxygens (including phenoxy) is 1. The number of rotatable bonds is 3. The van der Waals surface area contributed by atoms with E-state index in [0.29, 0.717) is 0 Å². The third-order valence-electron chi connectivity index (χ3n) is 2.26. The highest BCUT2D eigenvalue weighted by atomic mass is 16.5. The molecule has 94 valence electrons. The van der Waals surface area contributed by atoms with E-state index < -0.39 is 6.04 Å². The second-order valence-electron chi connectivity index (χ2n) is 4.99. The molecule has 0 fully saturated rings. The van der Waals surface area contributed by atoms with E-state index in [1.807, 2.05) is 20.8 Å². The van der Waals surface area contributed by atoms with Crippen LogP contribution in [-0.2, 0) is 4.79 Å². The Morgan fingerprint density at radius 1 is 1.29 bits per heavy atom. The van der Waals surface area contributed by atoms with Gasteiger partial charge in [0.05, 0.1) is 7.11 Å². The second-order valence-corrected chi connectivity index (χ2v) is 4.99. The average molecular weight is 236 g/mol. The van der Waals surface area contributed by atoms with Crippen LogP contribution in [0, 0.1) is 0 Å². The lowest BCUT2D eigenvalue weighted by molar-refractivity contribution is -0.123. The number of hydrogen-bond acceptors (Lipinski definition) is 3. The molecule has 0 spiro atoms. The standard InChI is InChI=1S/C13H20N2O2/c1-13(2,3)15-12(16)11(14)9-5-7-10(17-4)8-6-9/h5-8,11H,14H2,1-4H3,(H,15,16)/t11-/m0/s1. The maximum Gasteiger partial charge on any atom is 0.241 e. The van der Waals surface area contributed by atoms with Crippen LogP contribution in [0.25, 0.3) is 0 Å². The molecule has 3 N–H and O–H groups in total. The molecule has 0 aliphatic carbocycles. The number of carbonyl (C=O) groups excluding carboxylic acids is 1. The molecular formula is C13H20N2O2. The predicted octanol–water partition coefficient (Wildman–Crippen LogP) is 1.61. The van der Waals surface area contributed by atoms with Gasteiger partial charge in [-0.05, 0) is 38.5 Å². The van der Waals surface area contributed by atoms with E-state index in [4.69, 9.17) is 10.5 Å². The van der Waals surface area contributed by atoms with Crippen LogP contribution in [0.4, 0.5) is 0 Å². The Morgan fingerprint density at radius 3 is 2.24 bits per heavy atom. The molecule has 17 heavy (non-hydrogen) atoms. The normalized spacial score (nSPS) is 13.0. The summed E-state index contributed by atoms with van der Waals surface area (Å²) in [6.45, 7) is 5.77. The van der Waals surface area contributed by atoms with Crippen molar-refractivity contribution < 1.29 is 9.53 Å². The molecule has 0 saturated heterocycles. The summed E-state index contributed by atoms with van der Waals surface area (Å²) >= 11 is 0. The van der Waals surface area contributed by atoms with Crippen molar-refractivity contribution in [2.24, 2.45) is 5.73 Å². The Kier molecular flexibility index (Phi) is 4.12. The SMILES string of the molecule is COc1ccc([C@H](N)C(=O)NC(C)(C)C)cc1. The van der Waals surface area contributed by atoms with E-state index in [9.17, 15) is 4.79 Å². The number of carbonyl (C=O) groups is 1. The molecule has 4 nitrogen and oxygen atoms in total. The molecule has 1 amide bonds. The topological polar surface area (TPSA) is 64.3 Å². The Balaban J connectivity index is 2.74. The van der Waals surface area contributed by atoms with Gasteiger partial charge in [0.25, 0.3) is 0 Å². The summed E-state index contributed by atoms with van der Waals surface area (Å²) in [5, 5.41) is 2.85.